The second-order valence-electron chi connectivity index (χ2n) is 7.73. The molecule has 0 aliphatic heterocycles. The molecule has 0 fully saturated rings. The zero-order valence-corrected chi connectivity index (χ0v) is 20.2. The highest BCUT2D eigenvalue weighted by atomic mass is 35.5. The van der Waals surface area contributed by atoms with Gasteiger partial charge in [-0.2, -0.15) is 0 Å². The van der Waals surface area contributed by atoms with Gasteiger partial charge in [-0.3, -0.25) is 19.5 Å². The second-order valence-corrected chi connectivity index (χ2v) is 8.96. The lowest BCUT2D eigenvalue weighted by molar-refractivity contribution is -0.136. The number of amides is 1. The van der Waals surface area contributed by atoms with E-state index < -0.39 is 18.2 Å². The van der Waals surface area contributed by atoms with Crippen LogP contribution in [0.3, 0.4) is 0 Å². The number of anilines is 1. The van der Waals surface area contributed by atoms with Crippen molar-refractivity contribution in [3.05, 3.63) is 104 Å². The third kappa shape index (κ3) is 5.79. The standard InChI is InChI=1S/C26H21ClN2O5S/c1-16(21-4-2-3-5-22(21)27)34-25(32)28-23-15-35-26(33)29(23)20-12-10-19(11-13-20)18-8-6-17(7-9-18)14-24(30)31/h2-13,15-16H,14H2,1H3,(H,28,32)(H,30,31). The monoisotopic (exact) mass is 508 g/mol. The Labute approximate surface area is 210 Å². The van der Waals surface area contributed by atoms with Crippen LogP contribution < -0.4 is 10.2 Å². The molecule has 7 nitrogen and oxygen atoms in total. The molecule has 1 heterocycles. The van der Waals surface area contributed by atoms with Gasteiger partial charge in [0.05, 0.1) is 12.1 Å². The SMILES string of the molecule is CC(OC(=O)Nc1csc(=O)n1-c1ccc(-c2ccc(CC(=O)O)cc2)cc1)c1ccccc1Cl. The molecule has 0 aliphatic rings. The van der Waals surface area contributed by atoms with Crippen LogP contribution in [0, 0.1) is 0 Å². The zero-order valence-electron chi connectivity index (χ0n) is 18.6. The van der Waals surface area contributed by atoms with Gasteiger partial charge in [-0.25, -0.2) is 4.79 Å². The molecule has 9 heteroatoms. The average Bonchev–Trinajstić information content (AvgIpc) is 3.19. The molecule has 4 aromatic rings. The predicted octanol–water partition coefficient (Wildman–Crippen LogP) is 6.16. The number of rotatable bonds is 7. The smallest absolute Gasteiger partial charge is 0.413 e. The molecule has 3 aromatic carbocycles. The van der Waals surface area contributed by atoms with E-state index >= 15 is 0 Å². The van der Waals surface area contributed by atoms with E-state index in [-0.39, 0.29) is 11.3 Å². The number of carboxylic acid groups (broad SMARTS) is 1. The van der Waals surface area contributed by atoms with Crippen molar-refractivity contribution in [1.82, 2.24) is 4.57 Å². The molecule has 0 saturated carbocycles. The van der Waals surface area contributed by atoms with E-state index in [1.54, 1.807) is 54.8 Å². The number of nitrogens with zero attached hydrogens (tertiary/aromatic N) is 1. The van der Waals surface area contributed by atoms with Gasteiger partial charge in [0.15, 0.2) is 0 Å². The number of aromatic nitrogens is 1. The van der Waals surface area contributed by atoms with Gasteiger partial charge in [-0.1, -0.05) is 77.5 Å². The Morgan fingerprint density at radius 3 is 2.29 bits per heavy atom. The van der Waals surface area contributed by atoms with Gasteiger partial charge in [-0.15, -0.1) is 0 Å². The Balaban J connectivity index is 1.49. The average molecular weight is 509 g/mol. The molecular formula is C26H21ClN2O5S. The Morgan fingerprint density at radius 2 is 1.66 bits per heavy atom. The van der Waals surface area contributed by atoms with Crippen LogP contribution in [-0.2, 0) is 16.0 Å². The third-order valence-corrected chi connectivity index (χ3v) is 6.39. The molecule has 0 spiro atoms. The minimum atomic E-state index is -0.880. The van der Waals surface area contributed by atoms with Crippen molar-refractivity contribution in [2.45, 2.75) is 19.4 Å². The number of thiazole rings is 1. The summed E-state index contributed by atoms with van der Waals surface area (Å²) in [4.78, 5) is 35.6. The van der Waals surface area contributed by atoms with E-state index in [0.29, 0.717) is 27.7 Å². The van der Waals surface area contributed by atoms with Gasteiger partial charge in [0.25, 0.3) is 0 Å². The normalized spacial score (nSPS) is 11.6. The second kappa shape index (κ2) is 10.6. The van der Waals surface area contributed by atoms with Crippen molar-refractivity contribution < 1.29 is 19.4 Å². The molecular weight excluding hydrogens is 488 g/mol. The van der Waals surface area contributed by atoms with Crippen molar-refractivity contribution in [2.75, 3.05) is 5.32 Å². The highest BCUT2D eigenvalue weighted by molar-refractivity contribution is 7.07. The number of halogens is 1. The summed E-state index contributed by atoms with van der Waals surface area (Å²) in [6.45, 7) is 1.72. The lowest BCUT2D eigenvalue weighted by Gasteiger charge is -2.16. The molecule has 0 radical (unpaired) electrons. The third-order valence-electron chi connectivity index (χ3n) is 5.32. The maximum absolute atomic E-state index is 12.5. The maximum atomic E-state index is 12.5. The first-order chi connectivity index (χ1) is 16.8. The maximum Gasteiger partial charge on any atom is 0.413 e. The molecule has 0 bridgehead atoms. The molecule has 1 amide bonds. The number of carbonyl (C=O) groups excluding carboxylic acids is 1. The Morgan fingerprint density at radius 1 is 1.03 bits per heavy atom. The summed E-state index contributed by atoms with van der Waals surface area (Å²) in [5.41, 5.74) is 3.80. The first kappa shape index (κ1) is 24.3. The summed E-state index contributed by atoms with van der Waals surface area (Å²) >= 11 is 7.14. The van der Waals surface area contributed by atoms with E-state index in [1.807, 2.05) is 30.3 Å². The summed E-state index contributed by atoms with van der Waals surface area (Å²) in [6.07, 6.45) is -1.32. The van der Waals surface area contributed by atoms with E-state index in [4.69, 9.17) is 21.4 Å². The summed E-state index contributed by atoms with van der Waals surface area (Å²) in [6, 6.07) is 21.6. The van der Waals surface area contributed by atoms with E-state index in [1.165, 1.54) is 4.57 Å². The van der Waals surface area contributed by atoms with Gasteiger partial charge < -0.3 is 9.84 Å². The number of hydrogen-bond acceptors (Lipinski definition) is 5. The van der Waals surface area contributed by atoms with Crippen molar-refractivity contribution in [3.8, 4) is 16.8 Å². The molecule has 0 saturated heterocycles. The fraction of sp³-hybridized carbons (Fsp3) is 0.115. The van der Waals surface area contributed by atoms with Crippen LogP contribution in [-0.4, -0.2) is 21.7 Å². The molecule has 4 rings (SSSR count). The molecule has 1 unspecified atom stereocenters. The van der Waals surface area contributed by atoms with Crippen LogP contribution in [0.4, 0.5) is 10.6 Å². The van der Waals surface area contributed by atoms with Gasteiger partial charge in [0, 0.05) is 16.0 Å². The highest BCUT2D eigenvalue weighted by Gasteiger charge is 2.17. The largest absolute Gasteiger partial charge is 0.481 e. The number of ether oxygens (including phenoxy) is 1. The van der Waals surface area contributed by atoms with Crippen molar-refractivity contribution in [2.24, 2.45) is 0 Å². The first-order valence-corrected chi connectivity index (χ1v) is 11.9. The van der Waals surface area contributed by atoms with Crippen molar-refractivity contribution >= 4 is 40.8 Å². The van der Waals surface area contributed by atoms with E-state index in [2.05, 4.69) is 5.32 Å². The summed E-state index contributed by atoms with van der Waals surface area (Å²) in [5.74, 6) is -0.586. The molecule has 1 aromatic heterocycles. The summed E-state index contributed by atoms with van der Waals surface area (Å²) < 4.78 is 6.84. The van der Waals surface area contributed by atoms with E-state index in [9.17, 15) is 14.4 Å². The van der Waals surface area contributed by atoms with Gasteiger partial charge in [0.1, 0.15) is 11.9 Å². The van der Waals surface area contributed by atoms with Crippen LogP contribution in [0.2, 0.25) is 5.02 Å². The molecule has 178 valence electrons. The van der Waals surface area contributed by atoms with Crippen LogP contribution >= 0.6 is 22.9 Å². The van der Waals surface area contributed by atoms with Crippen LogP contribution in [0.25, 0.3) is 16.8 Å². The van der Waals surface area contributed by atoms with Gasteiger partial charge >= 0.3 is 16.9 Å². The Kier molecular flexibility index (Phi) is 7.33. The van der Waals surface area contributed by atoms with Crippen molar-refractivity contribution in [3.63, 3.8) is 0 Å². The topological polar surface area (TPSA) is 97.6 Å². The van der Waals surface area contributed by atoms with Crippen LogP contribution in [0.5, 0.6) is 0 Å². The quantitative estimate of drug-likeness (QED) is 0.312. The van der Waals surface area contributed by atoms with Crippen molar-refractivity contribution in [1.29, 1.82) is 0 Å². The lowest BCUT2D eigenvalue weighted by atomic mass is 10.0. The number of hydrogen-bond donors (Lipinski definition) is 2. The summed E-state index contributed by atoms with van der Waals surface area (Å²) in [5, 5.41) is 13.6. The molecule has 35 heavy (non-hydrogen) atoms. The lowest BCUT2D eigenvalue weighted by Crippen LogP contribution is -2.20. The fourth-order valence-electron chi connectivity index (χ4n) is 3.60. The molecule has 1 atom stereocenters. The number of nitrogens with one attached hydrogen (secondary N) is 1. The molecule has 0 aliphatic carbocycles. The van der Waals surface area contributed by atoms with E-state index in [0.717, 1.165) is 22.5 Å². The minimum Gasteiger partial charge on any atom is -0.481 e. The molecule has 2 N–H and O–H groups in total. The fourth-order valence-corrected chi connectivity index (χ4v) is 4.57. The minimum absolute atomic E-state index is 0.0321. The van der Waals surface area contributed by atoms with Gasteiger partial charge in [0.2, 0.25) is 0 Å². The first-order valence-electron chi connectivity index (χ1n) is 10.7. The number of carboxylic acids is 1. The van der Waals surface area contributed by atoms with Crippen LogP contribution in [0.1, 0.15) is 24.2 Å². The number of carbonyl (C=O) groups is 2. The zero-order chi connectivity index (χ0) is 24.9. The Bertz CT molecular complexity index is 1410. The van der Waals surface area contributed by atoms with Gasteiger partial charge in [-0.05, 0) is 41.8 Å². The van der Waals surface area contributed by atoms with Crippen LogP contribution in [0.15, 0.2) is 83.0 Å². The predicted molar refractivity (Wildman–Crippen MR) is 137 cm³/mol. The number of aliphatic carboxylic acids is 1. The summed E-state index contributed by atoms with van der Waals surface area (Å²) in [7, 11) is 0. The highest BCUT2D eigenvalue weighted by Crippen LogP contribution is 2.26. The number of benzene rings is 3. The Hall–Kier alpha value is -3.88.